The molecule has 0 saturated carbocycles. The third-order valence-electron chi connectivity index (χ3n) is 4.64. The molecule has 146 valence electrons. The summed E-state index contributed by atoms with van der Waals surface area (Å²) in [5.41, 5.74) is 0.990. The van der Waals surface area contributed by atoms with Gasteiger partial charge in [-0.1, -0.05) is 24.6 Å². The monoisotopic (exact) mass is 402 g/mol. The van der Waals surface area contributed by atoms with Crippen LogP contribution in [0.5, 0.6) is 0 Å². The van der Waals surface area contributed by atoms with Gasteiger partial charge < -0.3 is 5.32 Å². The summed E-state index contributed by atoms with van der Waals surface area (Å²) < 4.78 is 49.6. The molecule has 0 unspecified atom stereocenters. The van der Waals surface area contributed by atoms with Gasteiger partial charge in [-0.25, -0.2) is 16.8 Å². The lowest BCUT2D eigenvalue weighted by molar-refractivity contribution is -0.125. The van der Waals surface area contributed by atoms with E-state index in [4.69, 9.17) is 0 Å². The second-order valence-corrected chi connectivity index (χ2v) is 10.9. The van der Waals surface area contributed by atoms with Crippen molar-refractivity contribution in [3.05, 3.63) is 29.8 Å². The maximum atomic E-state index is 12.6. The first-order chi connectivity index (χ1) is 12.2. The maximum Gasteiger partial charge on any atom is 0.243 e. The van der Waals surface area contributed by atoms with Crippen molar-refractivity contribution in [3.8, 4) is 0 Å². The van der Waals surface area contributed by atoms with Crippen LogP contribution >= 0.6 is 0 Å². The van der Waals surface area contributed by atoms with Crippen molar-refractivity contribution in [3.63, 3.8) is 0 Å². The van der Waals surface area contributed by atoms with Crippen LogP contribution < -0.4 is 5.32 Å². The minimum absolute atomic E-state index is 0.0537. The van der Waals surface area contributed by atoms with Crippen LogP contribution in [0.2, 0.25) is 0 Å². The van der Waals surface area contributed by atoms with Crippen LogP contribution in [0, 0.1) is 12.8 Å². The molecule has 0 radical (unpaired) electrons. The fourth-order valence-corrected chi connectivity index (χ4v) is 5.01. The second-order valence-electron chi connectivity index (χ2n) is 6.52. The minimum Gasteiger partial charge on any atom is -0.355 e. The van der Waals surface area contributed by atoms with Gasteiger partial charge in [0.1, 0.15) is 0 Å². The number of carbonyl (C=O) groups is 1. The molecule has 1 aromatic rings. The third kappa shape index (κ3) is 5.28. The summed E-state index contributed by atoms with van der Waals surface area (Å²) in [6.45, 7) is 4.12. The van der Waals surface area contributed by atoms with Crippen molar-refractivity contribution in [2.45, 2.75) is 31.6 Å². The number of sulfone groups is 1. The Labute approximate surface area is 155 Å². The first kappa shape index (κ1) is 20.9. The number of benzene rings is 1. The zero-order valence-corrected chi connectivity index (χ0v) is 16.8. The van der Waals surface area contributed by atoms with E-state index in [1.807, 2.05) is 6.92 Å². The average Bonchev–Trinajstić information content (AvgIpc) is 2.62. The first-order valence-electron chi connectivity index (χ1n) is 8.70. The zero-order chi connectivity index (χ0) is 19.4. The van der Waals surface area contributed by atoms with Crippen LogP contribution in [0.15, 0.2) is 29.2 Å². The maximum absolute atomic E-state index is 12.6. The van der Waals surface area contributed by atoms with E-state index >= 15 is 0 Å². The highest BCUT2D eigenvalue weighted by atomic mass is 32.2. The summed E-state index contributed by atoms with van der Waals surface area (Å²) >= 11 is 0. The lowest BCUT2D eigenvalue weighted by Crippen LogP contribution is -2.43. The van der Waals surface area contributed by atoms with Crippen LogP contribution in [0.3, 0.4) is 0 Å². The summed E-state index contributed by atoms with van der Waals surface area (Å²) in [5, 5.41) is 2.65. The van der Waals surface area contributed by atoms with E-state index in [-0.39, 0.29) is 47.9 Å². The standard InChI is InChI=1S/C17H26N2O5S2/c1-3-25(21,22)13-10-18-17(20)15-8-11-19(12-9-15)26(23,24)16-6-4-14(2)5-7-16/h4-7,15H,3,8-13H2,1-2H3,(H,18,20). The van der Waals surface area contributed by atoms with Gasteiger partial charge in [-0.2, -0.15) is 4.31 Å². The number of carbonyl (C=O) groups excluding carboxylic acids is 1. The Morgan fingerprint density at radius 2 is 1.69 bits per heavy atom. The molecular formula is C17H26N2O5S2. The van der Waals surface area contributed by atoms with Gasteiger partial charge in [0, 0.05) is 31.3 Å². The molecule has 0 aromatic heterocycles. The molecule has 1 aliphatic heterocycles. The zero-order valence-electron chi connectivity index (χ0n) is 15.1. The number of sulfonamides is 1. The molecule has 9 heteroatoms. The predicted octanol–water partition coefficient (Wildman–Crippen LogP) is 0.947. The Balaban J connectivity index is 1.88. The van der Waals surface area contributed by atoms with Crippen molar-refractivity contribution in [2.24, 2.45) is 5.92 Å². The minimum atomic E-state index is -3.55. The van der Waals surface area contributed by atoms with E-state index in [1.54, 1.807) is 31.2 Å². The Morgan fingerprint density at radius 1 is 1.12 bits per heavy atom. The molecule has 0 atom stereocenters. The van der Waals surface area contributed by atoms with E-state index in [0.717, 1.165) is 5.56 Å². The van der Waals surface area contributed by atoms with E-state index in [1.165, 1.54) is 4.31 Å². The number of aryl methyl sites for hydroxylation is 1. The number of piperidine rings is 1. The topological polar surface area (TPSA) is 101 Å². The highest BCUT2D eigenvalue weighted by molar-refractivity contribution is 7.91. The largest absolute Gasteiger partial charge is 0.355 e. The van der Waals surface area contributed by atoms with Crippen LogP contribution in [0.4, 0.5) is 0 Å². The Hall–Kier alpha value is -1.45. The van der Waals surface area contributed by atoms with Crippen molar-refractivity contribution < 1.29 is 21.6 Å². The number of hydrogen-bond acceptors (Lipinski definition) is 5. The molecule has 2 rings (SSSR count). The molecule has 1 fully saturated rings. The van der Waals surface area contributed by atoms with Gasteiger partial charge in [-0.05, 0) is 31.9 Å². The molecule has 7 nitrogen and oxygen atoms in total. The molecule has 1 aromatic carbocycles. The van der Waals surface area contributed by atoms with E-state index < -0.39 is 19.9 Å². The summed E-state index contributed by atoms with van der Waals surface area (Å²) in [5.74, 6) is -0.513. The Bertz CT molecular complexity index is 824. The summed E-state index contributed by atoms with van der Waals surface area (Å²) in [4.78, 5) is 12.4. The van der Waals surface area contributed by atoms with Crippen molar-refractivity contribution in [2.75, 3.05) is 31.1 Å². The summed E-state index contributed by atoms with van der Waals surface area (Å²) in [6.07, 6.45) is 0.856. The van der Waals surface area contributed by atoms with Crippen LogP contribution in [-0.4, -0.2) is 58.2 Å². The lowest BCUT2D eigenvalue weighted by Gasteiger charge is -2.30. The Kier molecular flexibility index (Phi) is 6.81. The van der Waals surface area contributed by atoms with Crippen LogP contribution in [-0.2, 0) is 24.7 Å². The molecule has 1 saturated heterocycles. The molecule has 1 heterocycles. The molecular weight excluding hydrogens is 376 g/mol. The number of amides is 1. The fourth-order valence-electron chi connectivity index (χ4n) is 2.84. The molecule has 1 aliphatic rings. The SMILES string of the molecule is CCS(=O)(=O)CCNC(=O)C1CCN(S(=O)(=O)c2ccc(C)cc2)CC1. The third-order valence-corrected chi connectivity index (χ3v) is 8.25. The second kappa shape index (κ2) is 8.49. The van der Waals surface area contributed by atoms with E-state index in [9.17, 15) is 21.6 Å². The van der Waals surface area contributed by atoms with Gasteiger partial charge in [-0.15, -0.1) is 0 Å². The molecule has 1 N–H and O–H groups in total. The van der Waals surface area contributed by atoms with Gasteiger partial charge in [-0.3, -0.25) is 4.79 Å². The van der Waals surface area contributed by atoms with Gasteiger partial charge in [0.2, 0.25) is 15.9 Å². The smallest absolute Gasteiger partial charge is 0.243 e. The molecule has 0 aliphatic carbocycles. The highest BCUT2D eigenvalue weighted by Crippen LogP contribution is 2.24. The Morgan fingerprint density at radius 3 is 2.23 bits per heavy atom. The number of nitrogens with zero attached hydrogens (tertiary/aromatic N) is 1. The number of hydrogen-bond donors (Lipinski definition) is 1. The van der Waals surface area contributed by atoms with E-state index in [2.05, 4.69) is 5.32 Å². The fraction of sp³-hybridized carbons (Fsp3) is 0.588. The molecule has 1 amide bonds. The van der Waals surface area contributed by atoms with Gasteiger partial charge in [0.15, 0.2) is 9.84 Å². The normalized spacial score (nSPS) is 17.2. The van der Waals surface area contributed by atoms with Crippen molar-refractivity contribution >= 4 is 25.8 Å². The molecule has 26 heavy (non-hydrogen) atoms. The van der Waals surface area contributed by atoms with E-state index in [0.29, 0.717) is 12.8 Å². The predicted molar refractivity (Wildman–Crippen MR) is 100.0 cm³/mol. The average molecular weight is 403 g/mol. The highest BCUT2D eigenvalue weighted by Gasteiger charge is 2.32. The molecule has 0 bridgehead atoms. The van der Waals surface area contributed by atoms with Crippen molar-refractivity contribution in [1.82, 2.24) is 9.62 Å². The first-order valence-corrected chi connectivity index (χ1v) is 12.0. The lowest BCUT2D eigenvalue weighted by atomic mass is 9.97. The van der Waals surface area contributed by atoms with Gasteiger partial charge in [0.05, 0.1) is 10.6 Å². The van der Waals surface area contributed by atoms with Crippen molar-refractivity contribution in [1.29, 1.82) is 0 Å². The van der Waals surface area contributed by atoms with Gasteiger partial charge in [0.25, 0.3) is 0 Å². The van der Waals surface area contributed by atoms with Crippen LogP contribution in [0.1, 0.15) is 25.3 Å². The number of rotatable bonds is 7. The molecule has 0 spiro atoms. The van der Waals surface area contributed by atoms with Gasteiger partial charge >= 0.3 is 0 Å². The quantitative estimate of drug-likeness (QED) is 0.732. The summed E-state index contributed by atoms with van der Waals surface area (Å²) in [6, 6.07) is 6.71. The number of nitrogens with one attached hydrogen (secondary N) is 1. The van der Waals surface area contributed by atoms with Crippen LogP contribution in [0.25, 0.3) is 0 Å². The summed E-state index contributed by atoms with van der Waals surface area (Å²) in [7, 11) is -6.66.